The van der Waals surface area contributed by atoms with E-state index >= 15 is 0 Å². The molecule has 0 saturated heterocycles. The van der Waals surface area contributed by atoms with Gasteiger partial charge in [-0.25, -0.2) is 9.37 Å². The Hall–Kier alpha value is -4.53. The molecule has 0 saturated carbocycles. The molecule has 0 aliphatic carbocycles. The van der Waals surface area contributed by atoms with Crippen LogP contribution in [0.1, 0.15) is 10.4 Å². The van der Waals surface area contributed by atoms with Gasteiger partial charge in [0.25, 0.3) is 5.91 Å². The molecule has 0 bridgehead atoms. The molecule has 4 aromatic rings. The van der Waals surface area contributed by atoms with E-state index in [1.54, 1.807) is 42.5 Å². The molecule has 9 heteroatoms. The first-order valence-corrected chi connectivity index (χ1v) is 9.52. The highest BCUT2D eigenvalue weighted by atomic mass is 19.1. The van der Waals surface area contributed by atoms with E-state index in [9.17, 15) is 14.0 Å². The van der Waals surface area contributed by atoms with Crippen molar-refractivity contribution in [1.82, 2.24) is 15.2 Å². The van der Waals surface area contributed by atoms with Crippen molar-refractivity contribution >= 4 is 34.4 Å². The molecule has 8 nitrogen and oxygen atoms in total. The van der Waals surface area contributed by atoms with Crippen molar-refractivity contribution in [2.24, 2.45) is 0 Å². The standard InChI is InChI=1S/C23H18FN5O3/c1-3-20(30)25-19-7-5-4-6-16(19)23(31)27-22-17-8-9-18(26-21(17)28-29-22)13-10-14(24)12-15(11-13)32-2/h3-12H,1H2,2H3,(H,25,30)(H2,26,27,28,29,31). The van der Waals surface area contributed by atoms with Crippen molar-refractivity contribution in [2.45, 2.75) is 0 Å². The predicted molar refractivity (Wildman–Crippen MR) is 119 cm³/mol. The molecule has 0 fully saturated rings. The van der Waals surface area contributed by atoms with Crippen LogP contribution in [0.4, 0.5) is 15.9 Å². The minimum absolute atomic E-state index is 0.260. The SMILES string of the molecule is C=CC(=O)Nc1ccccc1C(=O)Nc1n[nH]c2nc(-c3cc(F)cc(OC)c3)ccc12. The average molecular weight is 431 g/mol. The van der Waals surface area contributed by atoms with Crippen molar-refractivity contribution in [3.8, 4) is 17.0 Å². The van der Waals surface area contributed by atoms with Crippen molar-refractivity contribution in [1.29, 1.82) is 0 Å². The van der Waals surface area contributed by atoms with Gasteiger partial charge in [-0.15, -0.1) is 0 Å². The summed E-state index contributed by atoms with van der Waals surface area (Å²) in [5.74, 6) is -0.688. The number of amides is 2. The predicted octanol–water partition coefficient (Wildman–Crippen LogP) is 4.15. The third kappa shape index (κ3) is 4.17. The summed E-state index contributed by atoms with van der Waals surface area (Å²) < 4.78 is 19.0. The zero-order chi connectivity index (χ0) is 22.7. The Morgan fingerprint density at radius 1 is 1.12 bits per heavy atom. The van der Waals surface area contributed by atoms with Crippen molar-refractivity contribution < 1.29 is 18.7 Å². The summed E-state index contributed by atoms with van der Waals surface area (Å²) in [6, 6.07) is 14.3. The minimum Gasteiger partial charge on any atom is -0.497 e. The first-order chi connectivity index (χ1) is 15.5. The molecule has 2 aromatic carbocycles. The van der Waals surface area contributed by atoms with Crippen LogP contribution in [0.25, 0.3) is 22.3 Å². The molecule has 4 rings (SSSR count). The van der Waals surface area contributed by atoms with Crippen molar-refractivity contribution in [2.75, 3.05) is 17.7 Å². The second-order valence-electron chi connectivity index (χ2n) is 6.74. The Kier molecular flexibility index (Phi) is 5.63. The number of methoxy groups -OCH3 is 1. The lowest BCUT2D eigenvalue weighted by Gasteiger charge is -2.09. The van der Waals surface area contributed by atoms with E-state index < -0.39 is 17.6 Å². The van der Waals surface area contributed by atoms with Gasteiger partial charge >= 0.3 is 0 Å². The minimum atomic E-state index is -0.461. The van der Waals surface area contributed by atoms with Crippen LogP contribution in [0.5, 0.6) is 5.75 Å². The zero-order valence-electron chi connectivity index (χ0n) is 17.0. The van der Waals surface area contributed by atoms with Crippen LogP contribution in [0, 0.1) is 5.82 Å². The molecule has 0 atom stereocenters. The number of hydrogen-bond donors (Lipinski definition) is 3. The number of carbonyl (C=O) groups is 2. The number of benzene rings is 2. The number of ether oxygens (including phenoxy) is 1. The van der Waals surface area contributed by atoms with Crippen LogP contribution in [-0.2, 0) is 4.79 Å². The molecule has 0 radical (unpaired) electrons. The maximum atomic E-state index is 13.9. The summed E-state index contributed by atoms with van der Waals surface area (Å²) in [5, 5.41) is 12.8. The zero-order valence-corrected chi connectivity index (χ0v) is 17.0. The fraction of sp³-hybridized carbons (Fsp3) is 0.0435. The van der Waals surface area contributed by atoms with Crippen molar-refractivity contribution in [3.63, 3.8) is 0 Å². The number of anilines is 2. The van der Waals surface area contributed by atoms with Crippen LogP contribution in [0.3, 0.4) is 0 Å². The topological polar surface area (TPSA) is 109 Å². The number of aromatic amines is 1. The van der Waals surface area contributed by atoms with Gasteiger partial charge in [-0.1, -0.05) is 18.7 Å². The molecule has 0 aliphatic rings. The summed E-state index contributed by atoms with van der Waals surface area (Å²) in [6.07, 6.45) is 1.12. The number of rotatable bonds is 6. The van der Waals surface area contributed by atoms with E-state index in [1.807, 2.05) is 0 Å². The Morgan fingerprint density at radius 2 is 1.94 bits per heavy atom. The maximum absolute atomic E-state index is 13.9. The van der Waals surface area contributed by atoms with Gasteiger partial charge in [0, 0.05) is 11.6 Å². The molecule has 32 heavy (non-hydrogen) atoms. The maximum Gasteiger partial charge on any atom is 0.258 e. The number of nitrogens with zero attached hydrogens (tertiary/aromatic N) is 2. The van der Waals surface area contributed by atoms with Gasteiger partial charge < -0.3 is 15.4 Å². The average Bonchev–Trinajstić information content (AvgIpc) is 3.20. The van der Waals surface area contributed by atoms with E-state index in [0.717, 1.165) is 6.08 Å². The number of aromatic nitrogens is 3. The molecule has 2 heterocycles. The van der Waals surface area contributed by atoms with Gasteiger partial charge in [0.15, 0.2) is 11.5 Å². The lowest BCUT2D eigenvalue weighted by atomic mass is 10.1. The molecular formula is C23H18FN5O3. The number of carbonyl (C=O) groups excluding carboxylic acids is 2. The third-order valence-corrected chi connectivity index (χ3v) is 4.67. The fourth-order valence-corrected chi connectivity index (χ4v) is 3.14. The second kappa shape index (κ2) is 8.68. The molecule has 2 aromatic heterocycles. The van der Waals surface area contributed by atoms with Gasteiger partial charge in [0.2, 0.25) is 5.91 Å². The van der Waals surface area contributed by atoms with Gasteiger partial charge in [-0.3, -0.25) is 14.7 Å². The van der Waals surface area contributed by atoms with E-state index in [0.29, 0.717) is 33.7 Å². The second-order valence-corrected chi connectivity index (χ2v) is 6.74. The highest BCUT2D eigenvalue weighted by Crippen LogP contribution is 2.28. The largest absolute Gasteiger partial charge is 0.497 e. The van der Waals surface area contributed by atoms with Crippen molar-refractivity contribution in [3.05, 3.63) is 78.6 Å². The number of hydrogen-bond acceptors (Lipinski definition) is 5. The first kappa shape index (κ1) is 20.7. The quantitative estimate of drug-likeness (QED) is 0.398. The lowest BCUT2D eigenvalue weighted by Crippen LogP contribution is -2.17. The Balaban J connectivity index is 1.62. The van der Waals surface area contributed by atoms with Crippen LogP contribution in [0.15, 0.2) is 67.3 Å². The number of halogens is 1. The van der Waals surface area contributed by atoms with Crippen LogP contribution in [-0.4, -0.2) is 34.1 Å². The van der Waals surface area contributed by atoms with E-state index in [1.165, 1.54) is 19.2 Å². The summed E-state index contributed by atoms with van der Waals surface area (Å²) >= 11 is 0. The van der Waals surface area contributed by atoms with E-state index in [-0.39, 0.29) is 11.4 Å². The Morgan fingerprint density at radius 3 is 2.72 bits per heavy atom. The van der Waals surface area contributed by atoms with E-state index in [2.05, 4.69) is 32.4 Å². The Bertz CT molecular complexity index is 1350. The molecular weight excluding hydrogens is 413 g/mol. The summed E-state index contributed by atoms with van der Waals surface area (Å²) in [6.45, 7) is 3.41. The molecule has 160 valence electrons. The third-order valence-electron chi connectivity index (χ3n) is 4.67. The summed E-state index contributed by atoms with van der Waals surface area (Å²) in [7, 11) is 1.46. The number of fused-ring (bicyclic) bond motifs is 1. The van der Waals surface area contributed by atoms with Crippen LogP contribution < -0.4 is 15.4 Å². The highest BCUT2D eigenvalue weighted by molar-refractivity contribution is 6.12. The fourth-order valence-electron chi connectivity index (χ4n) is 3.14. The molecule has 0 unspecified atom stereocenters. The Labute approximate surface area is 182 Å². The van der Waals surface area contributed by atoms with E-state index in [4.69, 9.17) is 4.74 Å². The summed E-state index contributed by atoms with van der Waals surface area (Å²) in [5.41, 5.74) is 2.06. The van der Waals surface area contributed by atoms with Crippen LogP contribution >= 0.6 is 0 Å². The number of nitrogens with one attached hydrogen (secondary N) is 3. The molecule has 0 aliphatic heterocycles. The highest BCUT2D eigenvalue weighted by Gasteiger charge is 2.16. The molecule has 0 spiro atoms. The van der Waals surface area contributed by atoms with Gasteiger partial charge in [-0.05, 0) is 42.5 Å². The first-order valence-electron chi connectivity index (χ1n) is 9.52. The normalized spacial score (nSPS) is 10.6. The molecule has 3 N–H and O–H groups in total. The van der Waals surface area contributed by atoms with Gasteiger partial charge in [-0.2, -0.15) is 5.10 Å². The lowest BCUT2D eigenvalue weighted by molar-refractivity contribution is -0.111. The summed E-state index contributed by atoms with van der Waals surface area (Å²) in [4.78, 5) is 28.9. The monoisotopic (exact) mass is 431 g/mol. The number of para-hydroxylation sites is 1. The number of H-pyrrole nitrogens is 1. The number of pyridine rings is 1. The van der Waals surface area contributed by atoms with Gasteiger partial charge in [0.05, 0.1) is 29.4 Å². The van der Waals surface area contributed by atoms with Gasteiger partial charge in [0.1, 0.15) is 11.6 Å². The smallest absolute Gasteiger partial charge is 0.258 e. The van der Waals surface area contributed by atoms with Crippen LogP contribution in [0.2, 0.25) is 0 Å². The molecule has 2 amide bonds.